The molecule has 2 N–H and O–H groups in total. The number of carboxylic acid groups (broad SMARTS) is 1. The van der Waals surface area contributed by atoms with E-state index in [4.69, 9.17) is 4.74 Å². The largest absolute Gasteiger partial charge is 0.507 e. The highest BCUT2D eigenvalue weighted by atomic mass is 16.5. The summed E-state index contributed by atoms with van der Waals surface area (Å²) in [7, 11) is 0. The number of ether oxygens (including phenoxy) is 1. The summed E-state index contributed by atoms with van der Waals surface area (Å²) in [6, 6.07) is 11.3. The molecule has 0 atom stereocenters. The van der Waals surface area contributed by atoms with Gasteiger partial charge in [-0.2, -0.15) is 0 Å². The zero-order valence-corrected chi connectivity index (χ0v) is 14.2. The molecular weight excluding hydrogens is 304 g/mol. The first kappa shape index (κ1) is 17.9. The average Bonchev–Trinajstić information content (AvgIpc) is 2.59. The van der Waals surface area contributed by atoms with Crippen LogP contribution in [0.15, 0.2) is 36.4 Å². The number of aryl methyl sites for hydroxylation is 2. The summed E-state index contributed by atoms with van der Waals surface area (Å²) in [6.07, 6.45) is 3.47. The van der Waals surface area contributed by atoms with Gasteiger partial charge in [-0.25, -0.2) is 4.79 Å². The van der Waals surface area contributed by atoms with Gasteiger partial charge < -0.3 is 14.9 Å². The maximum absolute atomic E-state index is 11.3. The van der Waals surface area contributed by atoms with Crippen molar-refractivity contribution in [3.8, 4) is 11.5 Å². The van der Waals surface area contributed by atoms with Gasteiger partial charge in [-0.1, -0.05) is 44.5 Å². The van der Waals surface area contributed by atoms with Crippen molar-refractivity contribution in [2.45, 2.75) is 46.1 Å². The molecule has 0 saturated heterocycles. The first-order chi connectivity index (χ1) is 11.5. The molecule has 4 heteroatoms. The number of aromatic carboxylic acids is 1. The second-order valence-electron chi connectivity index (χ2n) is 5.85. The monoisotopic (exact) mass is 328 g/mol. The lowest BCUT2D eigenvalue weighted by Crippen LogP contribution is -2.03. The van der Waals surface area contributed by atoms with E-state index in [0.717, 1.165) is 24.8 Å². The normalized spacial score (nSPS) is 10.6. The smallest absolute Gasteiger partial charge is 0.339 e. The molecule has 128 valence electrons. The third kappa shape index (κ3) is 4.51. The van der Waals surface area contributed by atoms with Crippen LogP contribution < -0.4 is 4.74 Å². The van der Waals surface area contributed by atoms with Crippen molar-refractivity contribution in [2.75, 3.05) is 0 Å². The molecule has 0 aliphatic heterocycles. The molecule has 2 aromatic rings. The molecule has 2 rings (SSSR count). The second-order valence-corrected chi connectivity index (χ2v) is 5.85. The standard InChI is InChI=1S/C20H24O4/c1-3-5-6-16-11-17(12-18(19(16)21)20(22)23)24-13-15-9-7-14(4-2)8-10-15/h7-12,21H,3-6,13H2,1-2H3,(H,22,23). The lowest BCUT2D eigenvalue weighted by molar-refractivity contribution is 0.0693. The van der Waals surface area contributed by atoms with Gasteiger partial charge in [0.2, 0.25) is 0 Å². The quantitative estimate of drug-likeness (QED) is 0.744. The SMILES string of the molecule is CCCCc1cc(OCc2ccc(CC)cc2)cc(C(=O)O)c1O. The summed E-state index contributed by atoms with van der Waals surface area (Å²) < 4.78 is 5.76. The van der Waals surface area contributed by atoms with Crippen molar-refractivity contribution in [3.63, 3.8) is 0 Å². The summed E-state index contributed by atoms with van der Waals surface area (Å²) >= 11 is 0. The number of rotatable bonds is 8. The van der Waals surface area contributed by atoms with E-state index in [-0.39, 0.29) is 11.3 Å². The molecule has 0 aromatic heterocycles. The van der Waals surface area contributed by atoms with E-state index in [1.165, 1.54) is 11.6 Å². The Morgan fingerprint density at radius 3 is 2.33 bits per heavy atom. The van der Waals surface area contributed by atoms with Crippen LogP contribution in [0.1, 0.15) is 53.7 Å². The molecule has 2 aromatic carbocycles. The van der Waals surface area contributed by atoms with Crippen LogP contribution in [-0.4, -0.2) is 16.2 Å². The van der Waals surface area contributed by atoms with Gasteiger partial charge in [-0.05, 0) is 48.1 Å². The molecule has 0 amide bonds. The summed E-state index contributed by atoms with van der Waals surface area (Å²) in [5.74, 6) is -0.838. The number of aromatic hydroxyl groups is 1. The lowest BCUT2D eigenvalue weighted by Gasteiger charge is -2.12. The van der Waals surface area contributed by atoms with E-state index in [1.807, 2.05) is 12.1 Å². The van der Waals surface area contributed by atoms with Crippen molar-refractivity contribution < 1.29 is 19.7 Å². The van der Waals surface area contributed by atoms with Crippen LogP contribution in [0.4, 0.5) is 0 Å². The Bertz CT molecular complexity index is 690. The predicted octanol–water partition coefficient (Wildman–Crippen LogP) is 4.57. The van der Waals surface area contributed by atoms with Crippen LogP contribution in [0.5, 0.6) is 11.5 Å². The van der Waals surface area contributed by atoms with Crippen LogP contribution in [-0.2, 0) is 19.4 Å². The zero-order valence-electron chi connectivity index (χ0n) is 14.2. The first-order valence-electron chi connectivity index (χ1n) is 8.35. The third-order valence-corrected chi connectivity index (χ3v) is 4.03. The van der Waals surface area contributed by atoms with Gasteiger partial charge in [0.05, 0.1) is 0 Å². The lowest BCUT2D eigenvalue weighted by atomic mass is 10.0. The van der Waals surface area contributed by atoms with E-state index in [9.17, 15) is 15.0 Å². The minimum atomic E-state index is -1.15. The number of carboxylic acids is 1. The van der Waals surface area contributed by atoms with E-state index in [2.05, 4.69) is 26.0 Å². The van der Waals surface area contributed by atoms with Crippen LogP contribution in [0.25, 0.3) is 0 Å². The van der Waals surface area contributed by atoms with Crippen LogP contribution in [0, 0.1) is 0 Å². The van der Waals surface area contributed by atoms with Gasteiger partial charge >= 0.3 is 5.97 Å². The summed E-state index contributed by atoms with van der Waals surface area (Å²) in [5.41, 5.74) is 2.79. The topological polar surface area (TPSA) is 66.8 Å². The summed E-state index contributed by atoms with van der Waals surface area (Å²) in [6.45, 7) is 4.52. The van der Waals surface area contributed by atoms with Gasteiger partial charge in [-0.3, -0.25) is 0 Å². The minimum absolute atomic E-state index is 0.111. The minimum Gasteiger partial charge on any atom is -0.507 e. The third-order valence-electron chi connectivity index (χ3n) is 4.03. The van der Waals surface area contributed by atoms with Crippen molar-refractivity contribution in [1.82, 2.24) is 0 Å². The number of hydrogen-bond donors (Lipinski definition) is 2. The van der Waals surface area contributed by atoms with Gasteiger partial charge in [-0.15, -0.1) is 0 Å². The Hall–Kier alpha value is -2.49. The van der Waals surface area contributed by atoms with Gasteiger partial charge in [0.15, 0.2) is 0 Å². The first-order valence-corrected chi connectivity index (χ1v) is 8.35. The molecule has 24 heavy (non-hydrogen) atoms. The molecular formula is C20H24O4. The molecule has 0 saturated carbocycles. The maximum Gasteiger partial charge on any atom is 0.339 e. The Kier molecular flexibility index (Phi) is 6.24. The Morgan fingerprint density at radius 2 is 1.75 bits per heavy atom. The highest BCUT2D eigenvalue weighted by Crippen LogP contribution is 2.30. The van der Waals surface area contributed by atoms with Crippen molar-refractivity contribution >= 4 is 5.97 Å². The average molecular weight is 328 g/mol. The molecule has 0 spiro atoms. The van der Waals surface area contributed by atoms with E-state index >= 15 is 0 Å². The van der Waals surface area contributed by atoms with Crippen LogP contribution >= 0.6 is 0 Å². The molecule has 0 radical (unpaired) electrons. The Labute approximate surface area is 142 Å². The van der Waals surface area contributed by atoms with Crippen LogP contribution in [0.3, 0.4) is 0 Å². The molecule has 0 heterocycles. The fourth-order valence-electron chi connectivity index (χ4n) is 2.51. The fraction of sp³-hybridized carbons (Fsp3) is 0.350. The Morgan fingerprint density at radius 1 is 1.08 bits per heavy atom. The van der Waals surface area contributed by atoms with Crippen molar-refractivity contribution in [3.05, 3.63) is 58.7 Å². The van der Waals surface area contributed by atoms with Gasteiger partial charge in [0.1, 0.15) is 23.7 Å². The van der Waals surface area contributed by atoms with E-state index in [0.29, 0.717) is 24.3 Å². The number of phenols is 1. The molecule has 0 bridgehead atoms. The van der Waals surface area contributed by atoms with Crippen LogP contribution in [0.2, 0.25) is 0 Å². The number of carbonyl (C=O) groups is 1. The number of benzene rings is 2. The molecule has 4 nitrogen and oxygen atoms in total. The summed E-state index contributed by atoms with van der Waals surface area (Å²) in [5, 5.41) is 19.4. The van der Waals surface area contributed by atoms with E-state index < -0.39 is 5.97 Å². The highest BCUT2D eigenvalue weighted by molar-refractivity contribution is 5.91. The molecule has 0 unspecified atom stereocenters. The maximum atomic E-state index is 11.3. The molecule has 0 aliphatic rings. The molecule has 0 aliphatic carbocycles. The van der Waals surface area contributed by atoms with E-state index in [1.54, 1.807) is 6.07 Å². The Balaban J connectivity index is 2.18. The number of hydrogen-bond acceptors (Lipinski definition) is 3. The summed E-state index contributed by atoms with van der Waals surface area (Å²) in [4.78, 5) is 11.3. The van der Waals surface area contributed by atoms with Crippen molar-refractivity contribution in [2.24, 2.45) is 0 Å². The fourth-order valence-corrected chi connectivity index (χ4v) is 2.51. The molecule has 0 fully saturated rings. The zero-order chi connectivity index (χ0) is 17.5. The second kappa shape index (κ2) is 8.39. The highest BCUT2D eigenvalue weighted by Gasteiger charge is 2.16. The van der Waals surface area contributed by atoms with Gasteiger partial charge in [0, 0.05) is 0 Å². The predicted molar refractivity (Wildman–Crippen MR) is 93.8 cm³/mol. The van der Waals surface area contributed by atoms with Crippen molar-refractivity contribution in [1.29, 1.82) is 0 Å². The van der Waals surface area contributed by atoms with Gasteiger partial charge in [0.25, 0.3) is 0 Å². The number of unbranched alkanes of at least 4 members (excludes halogenated alkanes) is 1.